The number of nitrogens with zero attached hydrogens (tertiary/aromatic N) is 2. The number of rotatable bonds is 8. The first-order chi connectivity index (χ1) is 16.5. The lowest BCUT2D eigenvalue weighted by atomic mass is 9.89. The van der Waals surface area contributed by atoms with Gasteiger partial charge in [-0.15, -0.1) is 0 Å². The molecular weight excluding hydrogens is 432 g/mol. The van der Waals surface area contributed by atoms with Crippen LogP contribution in [-0.4, -0.2) is 52.6 Å². The summed E-state index contributed by atoms with van der Waals surface area (Å²) in [5.41, 5.74) is 6.63. The predicted octanol–water partition coefficient (Wildman–Crippen LogP) is 1.95. The predicted molar refractivity (Wildman–Crippen MR) is 129 cm³/mol. The van der Waals surface area contributed by atoms with Crippen LogP contribution in [0.15, 0.2) is 53.5 Å². The lowest BCUT2D eigenvalue weighted by Gasteiger charge is -2.50. The molecule has 2 aliphatic heterocycles. The summed E-state index contributed by atoms with van der Waals surface area (Å²) in [4.78, 5) is 38.8. The van der Waals surface area contributed by atoms with Crippen molar-refractivity contribution in [1.82, 2.24) is 9.88 Å². The lowest BCUT2D eigenvalue weighted by Crippen LogP contribution is -2.71. The molecule has 2 fully saturated rings. The van der Waals surface area contributed by atoms with Crippen LogP contribution in [0.4, 0.5) is 0 Å². The molecule has 3 heterocycles. The fourth-order valence-electron chi connectivity index (χ4n) is 5.60. The number of aromatic nitrogens is 1. The van der Waals surface area contributed by atoms with Gasteiger partial charge < -0.3 is 20.4 Å². The molecule has 0 spiro atoms. The zero-order valence-corrected chi connectivity index (χ0v) is 19.7. The molecule has 34 heavy (non-hydrogen) atoms. The molecular formula is C26H35N4O4+. The SMILES string of the molecule is NC(=O)C1CCCC[N+]1(C(=O)CCn1ccc(OCc2ccccc2)cc1=O)C1CCNCC1. The van der Waals surface area contributed by atoms with Crippen molar-refractivity contribution in [1.29, 1.82) is 0 Å². The van der Waals surface area contributed by atoms with Gasteiger partial charge in [-0.05, 0) is 24.5 Å². The monoisotopic (exact) mass is 467 g/mol. The molecule has 3 N–H and O–H groups in total. The Morgan fingerprint density at radius 2 is 1.85 bits per heavy atom. The van der Waals surface area contributed by atoms with Crippen LogP contribution in [0.25, 0.3) is 0 Å². The highest BCUT2D eigenvalue weighted by Gasteiger charge is 2.53. The number of aryl methyl sites for hydroxylation is 1. The summed E-state index contributed by atoms with van der Waals surface area (Å²) in [6.07, 6.45) is 6.04. The summed E-state index contributed by atoms with van der Waals surface area (Å²) in [5, 5.41) is 3.35. The van der Waals surface area contributed by atoms with Gasteiger partial charge in [-0.3, -0.25) is 9.59 Å². The summed E-state index contributed by atoms with van der Waals surface area (Å²) in [5.74, 6) is 0.134. The number of hydrogen-bond acceptors (Lipinski definition) is 5. The molecule has 1 aromatic carbocycles. The van der Waals surface area contributed by atoms with Crippen molar-refractivity contribution in [2.75, 3.05) is 19.6 Å². The summed E-state index contributed by atoms with van der Waals surface area (Å²) in [6.45, 7) is 2.99. The topological polar surface area (TPSA) is 103 Å². The fraction of sp³-hybridized carbons (Fsp3) is 0.500. The highest BCUT2D eigenvalue weighted by atomic mass is 16.5. The largest absolute Gasteiger partial charge is 0.489 e. The number of ether oxygens (including phenoxy) is 1. The number of amides is 2. The van der Waals surface area contributed by atoms with Crippen LogP contribution in [0.3, 0.4) is 0 Å². The average Bonchev–Trinajstić information content (AvgIpc) is 2.87. The third-order valence-electron chi connectivity index (χ3n) is 7.35. The first-order valence-corrected chi connectivity index (χ1v) is 12.3. The number of primary amides is 1. The number of carbonyl (C=O) groups is 2. The van der Waals surface area contributed by atoms with E-state index in [9.17, 15) is 14.4 Å². The van der Waals surface area contributed by atoms with E-state index in [1.807, 2.05) is 30.3 Å². The van der Waals surface area contributed by atoms with Crippen LogP contribution in [0.1, 0.15) is 44.1 Å². The molecule has 0 aliphatic carbocycles. The number of nitrogens with one attached hydrogen (secondary N) is 1. The fourth-order valence-corrected chi connectivity index (χ4v) is 5.60. The molecule has 0 saturated carbocycles. The van der Waals surface area contributed by atoms with Crippen LogP contribution >= 0.6 is 0 Å². The number of benzene rings is 1. The van der Waals surface area contributed by atoms with E-state index in [2.05, 4.69) is 5.32 Å². The van der Waals surface area contributed by atoms with Gasteiger partial charge in [0.2, 0.25) is 0 Å². The zero-order valence-electron chi connectivity index (χ0n) is 19.7. The molecule has 4 rings (SSSR count). The Balaban J connectivity index is 1.46. The summed E-state index contributed by atoms with van der Waals surface area (Å²) in [6, 6.07) is 12.6. The number of carbonyl (C=O) groups excluding carboxylic acids is 2. The van der Waals surface area contributed by atoms with Crippen molar-refractivity contribution in [2.45, 2.75) is 63.8 Å². The number of pyridine rings is 1. The highest BCUT2D eigenvalue weighted by molar-refractivity contribution is 5.82. The second kappa shape index (κ2) is 11.0. The molecule has 2 saturated heterocycles. The number of likely N-dealkylation sites (tertiary alicyclic amines) is 1. The van der Waals surface area contributed by atoms with Crippen LogP contribution in [0.2, 0.25) is 0 Å². The summed E-state index contributed by atoms with van der Waals surface area (Å²) >= 11 is 0. The summed E-state index contributed by atoms with van der Waals surface area (Å²) < 4.78 is 7.44. The maximum atomic E-state index is 13.7. The number of piperidine rings is 2. The molecule has 8 heteroatoms. The Morgan fingerprint density at radius 1 is 1.09 bits per heavy atom. The van der Waals surface area contributed by atoms with E-state index in [0.717, 1.165) is 44.3 Å². The molecule has 182 valence electrons. The van der Waals surface area contributed by atoms with Gasteiger partial charge in [0.05, 0.1) is 19.0 Å². The van der Waals surface area contributed by atoms with Crippen molar-refractivity contribution >= 4 is 11.8 Å². The minimum atomic E-state index is -0.477. The Bertz CT molecular complexity index is 1050. The molecule has 2 amide bonds. The van der Waals surface area contributed by atoms with Crippen LogP contribution in [0, 0.1) is 0 Å². The van der Waals surface area contributed by atoms with E-state index >= 15 is 0 Å². The number of nitrogens with two attached hydrogens (primary N) is 1. The normalized spacial score (nSPS) is 23.4. The van der Waals surface area contributed by atoms with Gasteiger partial charge in [-0.25, -0.2) is 9.28 Å². The Hall–Kier alpha value is -2.97. The van der Waals surface area contributed by atoms with Gasteiger partial charge in [-0.1, -0.05) is 30.3 Å². The van der Waals surface area contributed by atoms with Crippen molar-refractivity contribution in [3.8, 4) is 5.75 Å². The Labute approximate surface area is 200 Å². The standard InChI is InChI=1S/C26H34N4O4/c27-26(33)23-8-4-5-17-30(23,21-9-13-28-14-10-21)25(32)12-16-29-15-11-22(18-24(29)31)34-19-20-6-2-1-3-7-20/h1-3,6-7,11,15,18,21,23,28H,4-5,8-10,12-14,16-17,19H2,(H-,27,33)/p+1. The van der Waals surface area contributed by atoms with Gasteiger partial charge in [0.25, 0.3) is 11.5 Å². The maximum Gasteiger partial charge on any atom is 0.316 e. The second-order valence-corrected chi connectivity index (χ2v) is 9.36. The van der Waals surface area contributed by atoms with Crippen LogP contribution < -0.4 is 21.3 Å². The van der Waals surface area contributed by atoms with E-state index in [1.165, 1.54) is 10.6 Å². The molecule has 2 unspecified atom stereocenters. The van der Waals surface area contributed by atoms with Crippen molar-refractivity contribution < 1.29 is 18.8 Å². The molecule has 0 radical (unpaired) electrons. The van der Waals surface area contributed by atoms with E-state index in [1.54, 1.807) is 12.3 Å². The van der Waals surface area contributed by atoms with Crippen molar-refractivity contribution in [2.24, 2.45) is 5.73 Å². The number of quaternary nitrogens is 1. The van der Waals surface area contributed by atoms with Gasteiger partial charge in [0.15, 0.2) is 6.04 Å². The van der Waals surface area contributed by atoms with Gasteiger partial charge in [0, 0.05) is 51.2 Å². The zero-order chi connectivity index (χ0) is 24.0. The summed E-state index contributed by atoms with van der Waals surface area (Å²) in [7, 11) is 0. The Morgan fingerprint density at radius 3 is 2.56 bits per heavy atom. The first kappa shape index (κ1) is 24.2. The van der Waals surface area contributed by atoms with Crippen LogP contribution in [-0.2, 0) is 22.7 Å². The van der Waals surface area contributed by atoms with Gasteiger partial charge >= 0.3 is 5.91 Å². The third kappa shape index (κ3) is 5.23. The van der Waals surface area contributed by atoms with Gasteiger partial charge in [0.1, 0.15) is 12.4 Å². The number of hydrogen-bond donors (Lipinski definition) is 2. The molecule has 2 aromatic rings. The minimum absolute atomic E-state index is 0.0201. The van der Waals surface area contributed by atoms with Crippen molar-refractivity contribution in [3.05, 3.63) is 64.6 Å². The van der Waals surface area contributed by atoms with E-state index in [0.29, 0.717) is 25.3 Å². The van der Waals surface area contributed by atoms with Crippen LogP contribution in [0.5, 0.6) is 5.75 Å². The average molecular weight is 468 g/mol. The minimum Gasteiger partial charge on any atom is -0.489 e. The Kier molecular flexibility index (Phi) is 7.80. The third-order valence-corrected chi connectivity index (χ3v) is 7.35. The highest BCUT2D eigenvalue weighted by Crippen LogP contribution is 2.34. The van der Waals surface area contributed by atoms with Gasteiger partial charge in [-0.2, -0.15) is 0 Å². The van der Waals surface area contributed by atoms with E-state index < -0.39 is 6.04 Å². The molecule has 2 aliphatic rings. The molecule has 8 nitrogen and oxygen atoms in total. The molecule has 2 atom stereocenters. The smallest absolute Gasteiger partial charge is 0.316 e. The lowest BCUT2D eigenvalue weighted by molar-refractivity contribution is -0.901. The molecule has 0 bridgehead atoms. The first-order valence-electron chi connectivity index (χ1n) is 12.3. The maximum absolute atomic E-state index is 13.7. The second-order valence-electron chi connectivity index (χ2n) is 9.36. The van der Waals surface area contributed by atoms with Crippen molar-refractivity contribution in [3.63, 3.8) is 0 Å². The molecule has 1 aromatic heterocycles. The quantitative estimate of drug-likeness (QED) is 0.578. The van der Waals surface area contributed by atoms with E-state index in [4.69, 9.17) is 10.5 Å². The van der Waals surface area contributed by atoms with E-state index in [-0.39, 0.29) is 40.9 Å².